The molecule has 0 spiro atoms. The van der Waals surface area contributed by atoms with Gasteiger partial charge in [0.15, 0.2) is 0 Å². The molecule has 0 aliphatic carbocycles. The van der Waals surface area contributed by atoms with Crippen LogP contribution in [0.15, 0.2) is 93.3 Å². The molecular weight excluding hydrogens is 718 g/mol. The molecule has 0 amide bonds. The number of carboxylic acids is 2. The molecule has 4 aromatic carbocycles. The van der Waals surface area contributed by atoms with Gasteiger partial charge in [-0.1, -0.05) is 24.3 Å². The molecule has 0 atom stereocenters. The number of aromatic hydroxyl groups is 2. The molecule has 12 heteroatoms. The summed E-state index contributed by atoms with van der Waals surface area (Å²) in [5.41, 5.74) is 3.07. The van der Waals surface area contributed by atoms with Gasteiger partial charge in [-0.15, -0.1) is 0 Å². The number of carbonyl (C=O) groups is 2. The standard InChI is InChI=1S/C26H16I2N4O6/c27-21-11-17(9-19(23(21)33)25(35)36)31-29-15-5-1-13(2-6-15)14-3-7-16(8-4-14)30-32-18-10-20(26(37)38)24(34)22(28)12-18/h1-12,33-34H,(H,35,36)(H,37,38)/b31-29+,32-30+. The van der Waals surface area contributed by atoms with Crippen LogP contribution in [0.3, 0.4) is 0 Å². The number of rotatable bonds is 7. The topological polar surface area (TPSA) is 164 Å². The van der Waals surface area contributed by atoms with Crippen molar-refractivity contribution in [2.75, 3.05) is 0 Å². The normalized spacial score (nSPS) is 11.3. The highest BCUT2D eigenvalue weighted by molar-refractivity contribution is 14.1. The van der Waals surface area contributed by atoms with Gasteiger partial charge in [0.1, 0.15) is 22.6 Å². The van der Waals surface area contributed by atoms with Gasteiger partial charge in [0.2, 0.25) is 0 Å². The van der Waals surface area contributed by atoms with Crippen molar-refractivity contribution in [3.8, 4) is 22.6 Å². The van der Waals surface area contributed by atoms with E-state index < -0.39 is 11.9 Å². The molecular formula is C26H16I2N4O6. The molecule has 4 N–H and O–H groups in total. The van der Waals surface area contributed by atoms with Gasteiger partial charge < -0.3 is 20.4 Å². The van der Waals surface area contributed by atoms with Crippen LogP contribution in [0.1, 0.15) is 20.7 Å². The van der Waals surface area contributed by atoms with Crippen LogP contribution in [0.5, 0.6) is 11.5 Å². The molecule has 190 valence electrons. The molecule has 0 saturated heterocycles. The lowest BCUT2D eigenvalue weighted by Gasteiger charge is -2.04. The first-order valence-corrected chi connectivity index (χ1v) is 12.8. The largest absolute Gasteiger partial charge is 0.506 e. The Balaban J connectivity index is 1.47. The third kappa shape index (κ3) is 6.31. The SMILES string of the molecule is O=C(O)c1cc(/N=N/c2ccc(-c3ccc(/N=N/c4cc(I)c(O)c(C(=O)O)c4)cc3)cc2)cc(I)c1O. The highest BCUT2D eigenvalue weighted by Gasteiger charge is 2.15. The quantitative estimate of drug-likeness (QED) is 0.110. The molecule has 0 aliphatic rings. The van der Waals surface area contributed by atoms with Crippen molar-refractivity contribution < 1.29 is 30.0 Å². The number of phenols is 2. The van der Waals surface area contributed by atoms with Crippen LogP contribution in [0.4, 0.5) is 22.7 Å². The van der Waals surface area contributed by atoms with E-state index in [-0.39, 0.29) is 22.6 Å². The fourth-order valence-corrected chi connectivity index (χ4v) is 4.50. The molecule has 4 aromatic rings. The highest BCUT2D eigenvalue weighted by atomic mass is 127. The van der Waals surface area contributed by atoms with Crippen LogP contribution in [0, 0.1) is 7.14 Å². The van der Waals surface area contributed by atoms with E-state index in [4.69, 9.17) is 0 Å². The smallest absolute Gasteiger partial charge is 0.339 e. The van der Waals surface area contributed by atoms with Gasteiger partial charge in [-0.2, -0.15) is 20.5 Å². The van der Waals surface area contributed by atoms with Crippen LogP contribution in [0.2, 0.25) is 0 Å². The Hall–Kier alpha value is -3.92. The zero-order valence-corrected chi connectivity index (χ0v) is 23.4. The van der Waals surface area contributed by atoms with Crippen LogP contribution in [0.25, 0.3) is 11.1 Å². The summed E-state index contributed by atoms with van der Waals surface area (Å²) in [6.45, 7) is 0. The second-order valence-electron chi connectivity index (χ2n) is 7.75. The van der Waals surface area contributed by atoms with Crippen molar-refractivity contribution in [2.24, 2.45) is 20.5 Å². The number of nitrogens with zero attached hydrogens (tertiary/aromatic N) is 4. The summed E-state index contributed by atoms with van der Waals surface area (Å²) in [5.74, 6) is -3.12. The monoisotopic (exact) mass is 734 g/mol. The molecule has 0 unspecified atom stereocenters. The van der Waals surface area contributed by atoms with Crippen LogP contribution >= 0.6 is 45.2 Å². The van der Waals surface area contributed by atoms with Gasteiger partial charge >= 0.3 is 11.9 Å². The molecule has 0 fully saturated rings. The van der Waals surface area contributed by atoms with E-state index in [2.05, 4.69) is 20.5 Å². The van der Waals surface area contributed by atoms with Crippen LogP contribution in [-0.4, -0.2) is 32.4 Å². The highest BCUT2D eigenvalue weighted by Crippen LogP contribution is 2.33. The minimum absolute atomic E-state index is 0.244. The minimum Gasteiger partial charge on any atom is -0.506 e. The Labute approximate surface area is 242 Å². The molecule has 0 bridgehead atoms. The van der Waals surface area contributed by atoms with E-state index in [0.29, 0.717) is 29.9 Å². The maximum absolute atomic E-state index is 11.3. The lowest BCUT2D eigenvalue weighted by molar-refractivity contribution is 0.0682. The van der Waals surface area contributed by atoms with Gasteiger partial charge in [0, 0.05) is 0 Å². The van der Waals surface area contributed by atoms with E-state index in [0.717, 1.165) is 11.1 Å². The second kappa shape index (κ2) is 11.6. The fraction of sp³-hybridized carbons (Fsp3) is 0. The summed E-state index contributed by atoms with van der Waals surface area (Å²) in [6, 6.07) is 20.1. The molecule has 0 radical (unpaired) electrons. The molecule has 0 heterocycles. The van der Waals surface area contributed by atoms with Gasteiger partial charge in [0.05, 0.1) is 29.9 Å². The third-order valence-electron chi connectivity index (χ3n) is 5.19. The van der Waals surface area contributed by atoms with E-state index in [1.165, 1.54) is 24.3 Å². The molecule has 0 saturated carbocycles. The summed E-state index contributed by atoms with van der Waals surface area (Å²) in [4.78, 5) is 22.6. The number of halogens is 2. The van der Waals surface area contributed by atoms with Crippen molar-refractivity contribution in [3.05, 3.63) is 91.1 Å². The lowest BCUT2D eigenvalue weighted by Crippen LogP contribution is -1.97. The van der Waals surface area contributed by atoms with E-state index in [1.807, 2.05) is 69.4 Å². The van der Waals surface area contributed by atoms with Crippen molar-refractivity contribution in [3.63, 3.8) is 0 Å². The Bertz CT molecular complexity index is 1480. The fourth-order valence-electron chi connectivity index (χ4n) is 3.28. The predicted octanol–water partition coefficient (Wildman–Crippen LogP) is 8.20. The Morgan fingerprint density at radius 1 is 0.526 bits per heavy atom. The number of carboxylic acid groups (broad SMARTS) is 2. The number of azo groups is 2. The van der Waals surface area contributed by atoms with Crippen molar-refractivity contribution in [1.29, 1.82) is 0 Å². The maximum Gasteiger partial charge on any atom is 0.339 e. The molecule has 0 aliphatic heterocycles. The van der Waals surface area contributed by atoms with Gasteiger partial charge in [-0.3, -0.25) is 0 Å². The average molecular weight is 734 g/mol. The first-order chi connectivity index (χ1) is 18.1. The van der Waals surface area contributed by atoms with Gasteiger partial charge in [-0.05, 0) is 105 Å². The van der Waals surface area contributed by atoms with Gasteiger partial charge in [-0.25, -0.2) is 9.59 Å². The first-order valence-electron chi connectivity index (χ1n) is 10.7. The number of hydrogen-bond acceptors (Lipinski definition) is 8. The summed E-state index contributed by atoms with van der Waals surface area (Å²) in [5, 5.41) is 54.6. The molecule has 10 nitrogen and oxygen atoms in total. The van der Waals surface area contributed by atoms with Crippen molar-refractivity contribution >= 4 is 79.9 Å². The Morgan fingerprint density at radius 3 is 1.16 bits per heavy atom. The predicted molar refractivity (Wildman–Crippen MR) is 156 cm³/mol. The Morgan fingerprint density at radius 2 is 0.842 bits per heavy atom. The minimum atomic E-state index is -1.25. The van der Waals surface area contributed by atoms with Crippen LogP contribution in [-0.2, 0) is 0 Å². The van der Waals surface area contributed by atoms with Crippen LogP contribution < -0.4 is 0 Å². The maximum atomic E-state index is 11.3. The third-order valence-corrected chi connectivity index (χ3v) is 6.83. The van der Waals surface area contributed by atoms with Crippen molar-refractivity contribution in [1.82, 2.24) is 0 Å². The first kappa shape index (κ1) is 27.1. The van der Waals surface area contributed by atoms with E-state index >= 15 is 0 Å². The molecule has 4 rings (SSSR count). The summed E-state index contributed by atoms with van der Waals surface area (Å²) in [6.07, 6.45) is 0. The second-order valence-corrected chi connectivity index (χ2v) is 10.1. The summed E-state index contributed by atoms with van der Waals surface area (Å²) < 4.78 is 0.718. The summed E-state index contributed by atoms with van der Waals surface area (Å²) in [7, 11) is 0. The average Bonchev–Trinajstić information content (AvgIpc) is 2.90. The zero-order valence-electron chi connectivity index (χ0n) is 19.1. The number of benzene rings is 4. The van der Waals surface area contributed by atoms with Crippen molar-refractivity contribution in [2.45, 2.75) is 0 Å². The lowest BCUT2D eigenvalue weighted by atomic mass is 10.1. The summed E-state index contributed by atoms with van der Waals surface area (Å²) >= 11 is 3.66. The van der Waals surface area contributed by atoms with Gasteiger partial charge in [0.25, 0.3) is 0 Å². The number of hydrogen-bond donors (Lipinski definition) is 4. The zero-order chi connectivity index (χ0) is 27.4. The molecule has 0 aromatic heterocycles. The number of aromatic carboxylic acids is 2. The molecule has 38 heavy (non-hydrogen) atoms. The Kier molecular flexibility index (Phi) is 8.31. The van der Waals surface area contributed by atoms with E-state index in [1.54, 1.807) is 24.3 Å². The van der Waals surface area contributed by atoms with E-state index in [9.17, 15) is 30.0 Å².